The number of likely N-dealkylation sites (N-methyl/N-ethyl adjacent to an activating group) is 2. The highest BCUT2D eigenvalue weighted by atomic mass is 16.4. The molecule has 0 aromatic carbocycles. The summed E-state index contributed by atoms with van der Waals surface area (Å²) in [7, 11) is 5.58. The average Bonchev–Trinajstić information content (AvgIpc) is 2.02. The molecular weight excluding hydrogens is 170 g/mol. The molecule has 0 radical (unpaired) electrons. The van der Waals surface area contributed by atoms with E-state index in [1.54, 1.807) is 7.05 Å². The van der Waals surface area contributed by atoms with E-state index in [2.05, 4.69) is 10.2 Å². The molecule has 0 unspecified atom stereocenters. The molecule has 1 amide bonds. The summed E-state index contributed by atoms with van der Waals surface area (Å²) in [4.78, 5) is 13.7. The van der Waals surface area contributed by atoms with Crippen molar-refractivity contribution in [3.05, 3.63) is 0 Å². The molecule has 0 aromatic rings. The Balaban J connectivity index is 3.21. The van der Waals surface area contributed by atoms with Crippen molar-refractivity contribution in [3.8, 4) is 0 Å². The van der Waals surface area contributed by atoms with E-state index in [-0.39, 0.29) is 0 Å². The predicted molar refractivity (Wildman–Crippen MR) is 52.1 cm³/mol. The van der Waals surface area contributed by atoms with Crippen LogP contribution in [-0.4, -0.2) is 68.3 Å². The standard InChI is InChI=1S/C8H19N3O2/c1-10(2)6-4-9-5-7-11(3)8(12)13/h9H,4-7H2,1-3H3,(H,12,13). The summed E-state index contributed by atoms with van der Waals surface area (Å²) >= 11 is 0. The number of hydrogen-bond acceptors (Lipinski definition) is 3. The smallest absolute Gasteiger partial charge is 0.407 e. The second-order valence-corrected chi connectivity index (χ2v) is 3.26. The largest absolute Gasteiger partial charge is 0.465 e. The summed E-state index contributed by atoms with van der Waals surface area (Å²) in [6.45, 7) is 3.09. The number of carboxylic acid groups (broad SMARTS) is 1. The van der Waals surface area contributed by atoms with Gasteiger partial charge in [-0.25, -0.2) is 4.79 Å². The van der Waals surface area contributed by atoms with Crippen LogP contribution in [0, 0.1) is 0 Å². The first-order chi connectivity index (χ1) is 6.04. The van der Waals surface area contributed by atoms with E-state index < -0.39 is 6.09 Å². The molecule has 2 N–H and O–H groups in total. The highest BCUT2D eigenvalue weighted by molar-refractivity contribution is 5.64. The minimum Gasteiger partial charge on any atom is -0.465 e. The zero-order valence-electron chi connectivity index (χ0n) is 8.58. The van der Waals surface area contributed by atoms with Gasteiger partial charge in [0.2, 0.25) is 0 Å². The molecule has 0 saturated carbocycles. The van der Waals surface area contributed by atoms with Crippen molar-refractivity contribution in [2.24, 2.45) is 0 Å². The van der Waals surface area contributed by atoms with Crippen LogP contribution in [0.5, 0.6) is 0 Å². The van der Waals surface area contributed by atoms with E-state index >= 15 is 0 Å². The van der Waals surface area contributed by atoms with E-state index in [9.17, 15) is 4.79 Å². The topological polar surface area (TPSA) is 55.8 Å². The summed E-state index contributed by atoms with van der Waals surface area (Å²) in [6.07, 6.45) is -0.880. The first kappa shape index (κ1) is 12.2. The minimum absolute atomic E-state index is 0.531. The van der Waals surface area contributed by atoms with Gasteiger partial charge in [-0.3, -0.25) is 0 Å². The molecule has 13 heavy (non-hydrogen) atoms. The molecule has 5 nitrogen and oxygen atoms in total. The summed E-state index contributed by atoms with van der Waals surface area (Å²) in [5.41, 5.74) is 0. The van der Waals surface area contributed by atoms with Gasteiger partial charge in [0, 0.05) is 33.2 Å². The Bertz CT molecular complexity index is 150. The molecule has 0 heterocycles. The zero-order valence-corrected chi connectivity index (χ0v) is 8.58. The summed E-state index contributed by atoms with van der Waals surface area (Å²) < 4.78 is 0. The van der Waals surface area contributed by atoms with Gasteiger partial charge >= 0.3 is 6.09 Å². The van der Waals surface area contributed by atoms with Gasteiger partial charge in [0.05, 0.1) is 0 Å². The van der Waals surface area contributed by atoms with E-state index in [1.807, 2.05) is 14.1 Å². The molecule has 5 heteroatoms. The third kappa shape index (κ3) is 7.55. The van der Waals surface area contributed by atoms with Gasteiger partial charge in [-0.05, 0) is 14.1 Å². The number of rotatable bonds is 6. The molecular formula is C8H19N3O2. The van der Waals surface area contributed by atoms with Crippen LogP contribution in [0.1, 0.15) is 0 Å². The Hall–Kier alpha value is -0.810. The van der Waals surface area contributed by atoms with Crippen molar-refractivity contribution in [2.45, 2.75) is 0 Å². The summed E-state index contributed by atoms with van der Waals surface area (Å²) in [5.74, 6) is 0. The Morgan fingerprint density at radius 2 is 1.77 bits per heavy atom. The molecule has 0 aliphatic heterocycles. The lowest BCUT2D eigenvalue weighted by molar-refractivity contribution is 0.156. The molecule has 0 fully saturated rings. The van der Waals surface area contributed by atoms with Crippen molar-refractivity contribution < 1.29 is 9.90 Å². The number of nitrogens with one attached hydrogen (secondary N) is 1. The lowest BCUT2D eigenvalue weighted by Gasteiger charge is -2.14. The fourth-order valence-electron chi connectivity index (χ4n) is 0.770. The fourth-order valence-corrected chi connectivity index (χ4v) is 0.770. The maximum Gasteiger partial charge on any atom is 0.407 e. The summed E-state index contributed by atoms with van der Waals surface area (Å²) in [5, 5.41) is 11.7. The van der Waals surface area contributed by atoms with Gasteiger partial charge in [-0.15, -0.1) is 0 Å². The van der Waals surface area contributed by atoms with Crippen LogP contribution in [-0.2, 0) is 0 Å². The van der Waals surface area contributed by atoms with Gasteiger partial charge in [-0.1, -0.05) is 0 Å². The Morgan fingerprint density at radius 1 is 1.23 bits per heavy atom. The second-order valence-electron chi connectivity index (χ2n) is 3.26. The summed E-state index contributed by atoms with van der Waals surface area (Å²) in [6, 6.07) is 0. The van der Waals surface area contributed by atoms with Crippen molar-refractivity contribution >= 4 is 6.09 Å². The van der Waals surface area contributed by atoms with Crippen molar-refractivity contribution in [3.63, 3.8) is 0 Å². The molecule has 0 aliphatic rings. The van der Waals surface area contributed by atoms with Gasteiger partial charge in [-0.2, -0.15) is 0 Å². The number of carbonyl (C=O) groups is 1. The molecule has 0 atom stereocenters. The van der Waals surface area contributed by atoms with Crippen LogP contribution in [0.3, 0.4) is 0 Å². The van der Waals surface area contributed by atoms with Gasteiger partial charge in [0.25, 0.3) is 0 Å². The molecule has 0 aliphatic carbocycles. The van der Waals surface area contributed by atoms with Gasteiger partial charge < -0.3 is 20.2 Å². The lowest BCUT2D eigenvalue weighted by atomic mass is 10.5. The van der Waals surface area contributed by atoms with Gasteiger partial charge in [0.15, 0.2) is 0 Å². The van der Waals surface area contributed by atoms with Crippen molar-refractivity contribution in [1.82, 2.24) is 15.1 Å². The van der Waals surface area contributed by atoms with Crippen molar-refractivity contribution in [2.75, 3.05) is 47.3 Å². The van der Waals surface area contributed by atoms with E-state index in [0.29, 0.717) is 13.1 Å². The normalized spacial score (nSPS) is 10.5. The second kappa shape index (κ2) is 6.68. The maximum atomic E-state index is 10.4. The third-order valence-electron chi connectivity index (χ3n) is 1.69. The number of amides is 1. The Labute approximate surface area is 79.3 Å². The zero-order chi connectivity index (χ0) is 10.3. The van der Waals surface area contributed by atoms with Gasteiger partial charge in [0.1, 0.15) is 0 Å². The van der Waals surface area contributed by atoms with Crippen molar-refractivity contribution in [1.29, 1.82) is 0 Å². The van der Waals surface area contributed by atoms with E-state index in [4.69, 9.17) is 5.11 Å². The highest BCUT2D eigenvalue weighted by Gasteiger charge is 2.02. The van der Waals surface area contributed by atoms with Crippen LogP contribution in [0.25, 0.3) is 0 Å². The van der Waals surface area contributed by atoms with Crippen LogP contribution < -0.4 is 5.32 Å². The Morgan fingerprint density at radius 3 is 2.23 bits per heavy atom. The first-order valence-electron chi connectivity index (χ1n) is 4.33. The van der Waals surface area contributed by atoms with Crippen LogP contribution in [0.15, 0.2) is 0 Å². The molecule has 0 bridgehead atoms. The van der Waals surface area contributed by atoms with Crippen LogP contribution in [0.2, 0.25) is 0 Å². The highest BCUT2D eigenvalue weighted by Crippen LogP contribution is 1.80. The number of nitrogens with zero attached hydrogens (tertiary/aromatic N) is 2. The molecule has 0 spiro atoms. The van der Waals surface area contributed by atoms with Crippen LogP contribution in [0.4, 0.5) is 4.79 Å². The number of hydrogen-bond donors (Lipinski definition) is 2. The minimum atomic E-state index is -0.880. The van der Waals surface area contributed by atoms with E-state index in [1.165, 1.54) is 4.90 Å². The third-order valence-corrected chi connectivity index (χ3v) is 1.69. The maximum absolute atomic E-state index is 10.4. The molecule has 0 aromatic heterocycles. The predicted octanol–water partition coefficient (Wildman–Crippen LogP) is -0.253. The average molecular weight is 189 g/mol. The quantitative estimate of drug-likeness (QED) is 0.566. The Kier molecular flexibility index (Phi) is 6.26. The molecule has 0 rings (SSSR count). The lowest BCUT2D eigenvalue weighted by Crippen LogP contribution is -2.35. The monoisotopic (exact) mass is 189 g/mol. The van der Waals surface area contributed by atoms with E-state index in [0.717, 1.165) is 13.1 Å². The first-order valence-corrected chi connectivity index (χ1v) is 4.33. The molecule has 78 valence electrons. The SMILES string of the molecule is CN(C)CCNCCN(C)C(=O)O. The molecule has 0 saturated heterocycles. The fraction of sp³-hybridized carbons (Fsp3) is 0.875. The van der Waals surface area contributed by atoms with Crippen LogP contribution >= 0.6 is 0 Å².